The van der Waals surface area contributed by atoms with Gasteiger partial charge in [-0.25, -0.2) is 13.8 Å². The minimum atomic E-state index is -0.303. The van der Waals surface area contributed by atoms with Crippen molar-refractivity contribution in [1.29, 1.82) is 0 Å². The molecule has 43 heavy (non-hydrogen) atoms. The van der Waals surface area contributed by atoms with Gasteiger partial charge in [0.15, 0.2) is 0 Å². The molecule has 0 radical (unpaired) electrons. The minimum Gasteiger partial charge on any atom is -0.497 e. The molecule has 0 aliphatic carbocycles. The Hall–Kier alpha value is -5.37. The Kier molecular flexibility index (Phi) is 6.46. The molecule has 0 bridgehead atoms. The molecule has 0 fully saturated rings. The zero-order valence-corrected chi connectivity index (χ0v) is 24.3. The van der Waals surface area contributed by atoms with E-state index in [2.05, 4.69) is 29.2 Å². The highest BCUT2D eigenvalue weighted by molar-refractivity contribution is 5.85. The van der Waals surface area contributed by atoms with Gasteiger partial charge in [0.05, 0.1) is 37.0 Å². The summed E-state index contributed by atoms with van der Waals surface area (Å²) in [6, 6.07) is 32.7. The largest absolute Gasteiger partial charge is 0.497 e. The molecule has 8 heteroatoms. The first-order valence-corrected chi connectivity index (χ1v) is 14.1. The second-order valence-corrected chi connectivity index (χ2v) is 10.5. The Morgan fingerprint density at radius 2 is 1.02 bits per heavy atom. The fourth-order valence-electron chi connectivity index (χ4n) is 6.03. The third-order valence-corrected chi connectivity index (χ3v) is 8.02. The number of nitrogens with zero attached hydrogens (tertiary/aromatic N) is 5. The van der Waals surface area contributed by atoms with E-state index in [4.69, 9.17) is 19.7 Å². The summed E-state index contributed by atoms with van der Waals surface area (Å²) in [5, 5.41) is 10.2. The summed E-state index contributed by atoms with van der Waals surface area (Å²) in [7, 11) is 3.31. The number of hydrogen-bond acceptors (Lipinski definition) is 5. The fourth-order valence-corrected chi connectivity index (χ4v) is 6.03. The first kappa shape index (κ1) is 26.5. The van der Waals surface area contributed by atoms with Gasteiger partial charge < -0.3 is 9.47 Å². The van der Waals surface area contributed by atoms with Gasteiger partial charge in [0.2, 0.25) is 0 Å². The molecular weight excluding hydrogens is 541 g/mol. The van der Waals surface area contributed by atoms with Gasteiger partial charge >= 0.3 is 0 Å². The number of benzene rings is 4. The number of aromatic nitrogens is 4. The van der Waals surface area contributed by atoms with E-state index in [1.54, 1.807) is 26.4 Å². The van der Waals surface area contributed by atoms with E-state index in [1.807, 2.05) is 77.8 Å². The lowest BCUT2D eigenvalue weighted by molar-refractivity contribution is 0.414. The fraction of sp³-hybridized carbons (Fsp3) is 0.143. The van der Waals surface area contributed by atoms with E-state index in [0.29, 0.717) is 0 Å². The van der Waals surface area contributed by atoms with E-state index in [-0.39, 0.29) is 11.7 Å². The molecule has 7 rings (SSSR count). The lowest BCUT2D eigenvalue weighted by atomic mass is 9.82. The molecule has 0 spiro atoms. The van der Waals surface area contributed by atoms with Gasteiger partial charge in [-0.05, 0) is 92.2 Å². The van der Waals surface area contributed by atoms with Crippen LogP contribution in [0.25, 0.3) is 11.4 Å². The van der Waals surface area contributed by atoms with Crippen LogP contribution in [-0.4, -0.2) is 33.8 Å². The molecule has 0 N–H and O–H groups in total. The number of fused-ring (bicyclic) bond motifs is 2. The van der Waals surface area contributed by atoms with Crippen LogP contribution >= 0.6 is 0 Å². The molecule has 0 saturated heterocycles. The van der Waals surface area contributed by atoms with E-state index in [9.17, 15) is 4.39 Å². The normalized spacial score (nSPS) is 12.6. The van der Waals surface area contributed by atoms with Crippen molar-refractivity contribution in [3.05, 3.63) is 137 Å². The topological polar surface area (TPSA) is 57.3 Å². The van der Waals surface area contributed by atoms with Crippen molar-refractivity contribution in [2.24, 2.45) is 0 Å². The van der Waals surface area contributed by atoms with Crippen LogP contribution in [0.5, 0.6) is 11.5 Å². The number of ether oxygens (including phenoxy) is 2. The number of anilines is 3. The SMILES string of the molecule is COc1ccc(-n2nc(C)c3c2N(c2ccc(F)cc2)c2c(c(C)nn2-c2ccc(OC)cc2)C3c2ccccc2)cc1. The van der Waals surface area contributed by atoms with Crippen molar-refractivity contribution in [3.63, 3.8) is 0 Å². The predicted octanol–water partition coefficient (Wildman–Crippen LogP) is 7.79. The van der Waals surface area contributed by atoms with Crippen LogP contribution in [0, 0.1) is 19.7 Å². The van der Waals surface area contributed by atoms with Crippen molar-refractivity contribution < 1.29 is 13.9 Å². The highest BCUT2D eigenvalue weighted by Crippen LogP contribution is 2.54. The van der Waals surface area contributed by atoms with E-state index in [1.165, 1.54) is 12.1 Å². The summed E-state index contributed by atoms with van der Waals surface area (Å²) in [6.07, 6.45) is 0. The van der Waals surface area contributed by atoms with E-state index in [0.717, 1.165) is 68.3 Å². The molecule has 0 amide bonds. The second kappa shape index (κ2) is 10.5. The molecule has 0 unspecified atom stereocenters. The van der Waals surface area contributed by atoms with Crippen molar-refractivity contribution in [3.8, 4) is 22.9 Å². The molecule has 6 aromatic rings. The van der Waals surface area contributed by atoms with Crippen LogP contribution in [-0.2, 0) is 0 Å². The third kappa shape index (κ3) is 4.34. The van der Waals surface area contributed by atoms with Crippen molar-refractivity contribution in [1.82, 2.24) is 19.6 Å². The van der Waals surface area contributed by atoms with Crippen LogP contribution < -0.4 is 14.4 Å². The quantitative estimate of drug-likeness (QED) is 0.204. The summed E-state index contributed by atoms with van der Waals surface area (Å²) in [5.41, 5.74) is 7.60. The molecule has 214 valence electrons. The Morgan fingerprint density at radius 3 is 1.47 bits per heavy atom. The zero-order chi connectivity index (χ0) is 29.7. The molecule has 1 aliphatic rings. The van der Waals surface area contributed by atoms with E-state index < -0.39 is 0 Å². The predicted molar refractivity (Wildman–Crippen MR) is 165 cm³/mol. The Balaban J connectivity index is 1.58. The van der Waals surface area contributed by atoms with Crippen LogP contribution in [0.4, 0.5) is 21.7 Å². The molecule has 0 saturated carbocycles. The summed E-state index contributed by atoms with van der Waals surface area (Å²) < 4.78 is 29.1. The molecule has 0 atom stereocenters. The number of halogens is 1. The third-order valence-electron chi connectivity index (χ3n) is 8.02. The molecule has 4 aromatic carbocycles. The van der Waals surface area contributed by atoms with Gasteiger partial charge in [0.25, 0.3) is 0 Å². The summed E-state index contributed by atoms with van der Waals surface area (Å²) in [4.78, 5) is 2.15. The van der Waals surface area contributed by atoms with Gasteiger partial charge in [-0.2, -0.15) is 10.2 Å². The number of rotatable bonds is 6. The summed E-state index contributed by atoms with van der Waals surface area (Å²) in [6.45, 7) is 4.09. The molecule has 2 aromatic heterocycles. The van der Waals surface area contributed by atoms with Gasteiger partial charge in [-0.3, -0.25) is 4.90 Å². The molecule has 1 aliphatic heterocycles. The van der Waals surface area contributed by atoms with Crippen molar-refractivity contribution >= 4 is 17.3 Å². The first-order valence-electron chi connectivity index (χ1n) is 14.1. The Morgan fingerprint density at radius 1 is 0.581 bits per heavy atom. The van der Waals surface area contributed by atoms with Gasteiger partial charge in [-0.15, -0.1) is 0 Å². The second-order valence-electron chi connectivity index (χ2n) is 10.5. The number of hydrogen-bond donors (Lipinski definition) is 0. The van der Waals surface area contributed by atoms with Crippen LogP contribution in [0.1, 0.15) is 34.0 Å². The average molecular weight is 572 g/mol. The number of aryl methyl sites for hydroxylation is 2. The van der Waals surface area contributed by atoms with Crippen LogP contribution in [0.3, 0.4) is 0 Å². The lowest BCUT2D eigenvalue weighted by Crippen LogP contribution is -2.26. The highest BCUT2D eigenvalue weighted by atomic mass is 19.1. The summed E-state index contributed by atoms with van der Waals surface area (Å²) >= 11 is 0. The zero-order valence-electron chi connectivity index (χ0n) is 24.3. The number of methoxy groups -OCH3 is 2. The Labute approximate surface area is 249 Å². The Bertz CT molecular complexity index is 1810. The van der Waals surface area contributed by atoms with Crippen molar-refractivity contribution in [2.75, 3.05) is 19.1 Å². The average Bonchev–Trinajstić information content (AvgIpc) is 3.58. The van der Waals surface area contributed by atoms with Gasteiger partial charge in [0, 0.05) is 22.7 Å². The molecule has 3 heterocycles. The lowest BCUT2D eigenvalue weighted by Gasteiger charge is -2.35. The minimum absolute atomic E-state index is 0.137. The standard InChI is InChI=1S/C35H30FN5O2/c1-22-31-33(24-8-6-5-7-9-24)32-23(2)38-41(28-16-20-30(43-4)21-17-28)35(32)39(26-12-10-25(36)11-13-26)34(31)40(37-22)27-14-18-29(42-3)19-15-27/h5-21,33H,1-4H3. The maximum atomic E-state index is 14.3. The maximum Gasteiger partial charge on any atom is 0.147 e. The highest BCUT2D eigenvalue weighted by Gasteiger charge is 2.42. The van der Waals surface area contributed by atoms with Gasteiger partial charge in [0.1, 0.15) is 29.0 Å². The molecular formula is C35H30FN5O2. The smallest absolute Gasteiger partial charge is 0.147 e. The van der Waals surface area contributed by atoms with Crippen LogP contribution in [0.2, 0.25) is 0 Å². The van der Waals surface area contributed by atoms with Crippen LogP contribution in [0.15, 0.2) is 103 Å². The monoisotopic (exact) mass is 571 g/mol. The summed E-state index contributed by atoms with van der Waals surface area (Å²) in [5.74, 6) is 2.81. The van der Waals surface area contributed by atoms with Gasteiger partial charge in [-0.1, -0.05) is 30.3 Å². The van der Waals surface area contributed by atoms with Crippen molar-refractivity contribution in [2.45, 2.75) is 19.8 Å². The first-order chi connectivity index (χ1) is 21.0. The maximum absolute atomic E-state index is 14.3. The molecule has 7 nitrogen and oxygen atoms in total. The van der Waals surface area contributed by atoms with E-state index >= 15 is 0 Å².